The fourth-order valence-electron chi connectivity index (χ4n) is 3.00. The van der Waals surface area contributed by atoms with Gasteiger partial charge in [-0.15, -0.1) is 0 Å². The van der Waals surface area contributed by atoms with Gasteiger partial charge in [0, 0.05) is 0 Å². The highest BCUT2D eigenvalue weighted by atomic mass is 14.3. The molecule has 0 saturated carbocycles. The van der Waals surface area contributed by atoms with Crippen LogP contribution in [0.2, 0.25) is 0 Å². The Hall–Kier alpha value is -1.30. The molecule has 0 heteroatoms. The van der Waals surface area contributed by atoms with E-state index in [4.69, 9.17) is 0 Å². The molecular weight excluding hydrogens is 216 g/mol. The van der Waals surface area contributed by atoms with Gasteiger partial charge < -0.3 is 0 Å². The van der Waals surface area contributed by atoms with E-state index in [-0.39, 0.29) is 0 Å². The van der Waals surface area contributed by atoms with Crippen LogP contribution >= 0.6 is 0 Å². The van der Waals surface area contributed by atoms with E-state index < -0.39 is 0 Å². The van der Waals surface area contributed by atoms with Crippen molar-refractivity contribution in [2.45, 2.75) is 52.9 Å². The molecule has 18 heavy (non-hydrogen) atoms. The predicted octanol–water partition coefficient (Wildman–Crippen LogP) is 5.76. The number of allylic oxidation sites excluding steroid dienone is 4. The van der Waals surface area contributed by atoms with Crippen LogP contribution in [0.15, 0.2) is 47.1 Å². The van der Waals surface area contributed by atoms with Gasteiger partial charge in [-0.25, -0.2) is 0 Å². The molecule has 0 atom stereocenters. The second-order valence-electron chi connectivity index (χ2n) is 5.26. The average molecular weight is 240 g/mol. The molecule has 0 spiro atoms. The molecule has 0 N–H and O–H groups in total. The van der Waals surface area contributed by atoms with Crippen molar-refractivity contribution in [2.24, 2.45) is 0 Å². The lowest BCUT2D eigenvalue weighted by molar-refractivity contribution is 0.854. The Balaban J connectivity index is 2.39. The Bertz CT molecular complexity index is 460. The highest BCUT2D eigenvalue weighted by molar-refractivity contribution is 5.78. The summed E-state index contributed by atoms with van der Waals surface area (Å²) in [6.07, 6.45) is 6.14. The number of hydrogen-bond acceptors (Lipinski definition) is 0. The smallest absolute Gasteiger partial charge is 0.00552 e. The van der Waals surface area contributed by atoms with Crippen molar-refractivity contribution in [1.29, 1.82) is 0 Å². The van der Waals surface area contributed by atoms with Crippen LogP contribution in [-0.2, 0) is 0 Å². The maximum absolute atomic E-state index is 2.32. The van der Waals surface area contributed by atoms with Crippen molar-refractivity contribution in [2.75, 3.05) is 0 Å². The second-order valence-corrected chi connectivity index (χ2v) is 5.26. The third-order valence-electron chi connectivity index (χ3n) is 3.81. The fraction of sp³-hybridized carbons (Fsp3) is 0.444. The molecule has 0 aliphatic heterocycles. The SMILES string of the molecule is CCCC1=C(C)CC(c2ccccc2)=C1CCC. The van der Waals surface area contributed by atoms with Crippen LogP contribution in [-0.4, -0.2) is 0 Å². The molecule has 1 aromatic rings. The molecule has 0 amide bonds. The van der Waals surface area contributed by atoms with E-state index in [1.807, 2.05) is 0 Å². The van der Waals surface area contributed by atoms with Crippen LogP contribution in [0.5, 0.6) is 0 Å². The van der Waals surface area contributed by atoms with Crippen LogP contribution < -0.4 is 0 Å². The van der Waals surface area contributed by atoms with Crippen LogP contribution in [0.3, 0.4) is 0 Å². The van der Waals surface area contributed by atoms with Crippen LogP contribution in [0.1, 0.15) is 58.4 Å². The molecule has 1 aliphatic rings. The van der Waals surface area contributed by atoms with E-state index in [1.54, 1.807) is 22.3 Å². The molecule has 1 aromatic carbocycles. The van der Waals surface area contributed by atoms with Gasteiger partial charge in [0.05, 0.1) is 0 Å². The molecular formula is C18H24. The van der Waals surface area contributed by atoms with E-state index >= 15 is 0 Å². The van der Waals surface area contributed by atoms with Gasteiger partial charge in [-0.3, -0.25) is 0 Å². The predicted molar refractivity (Wildman–Crippen MR) is 80.5 cm³/mol. The third kappa shape index (κ3) is 2.58. The van der Waals surface area contributed by atoms with E-state index in [9.17, 15) is 0 Å². The average Bonchev–Trinajstić information content (AvgIpc) is 2.70. The lowest BCUT2D eigenvalue weighted by Crippen LogP contribution is -1.91. The topological polar surface area (TPSA) is 0 Å². The maximum atomic E-state index is 2.32. The summed E-state index contributed by atoms with van der Waals surface area (Å²) in [7, 11) is 0. The standard InChI is InChI=1S/C18H24/c1-4-9-16-14(3)13-18(17(16)10-5-2)15-11-7-6-8-12-15/h6-8,11-12H,4-5,9-10,13H2,1-3H3. The lowest BCUT2D eigenvalue weighted by atomic mass is 9.94. The number of hydrogen-bond donors (Lipinski definition) is 0. The summed E-state index contributed by atoms with van der Waals surface area (Å²) in [5.41, 5.74) is 7.89. The first-order chi connectivity index (χ1) is 8.77. The fourth-order valence-corrected chi connectivity index (χ4v) is 3.00. The van der Waals surface area contributed by atoms with Crippen LogP contribution in [0, 0.1) is 0 Å². The minimum absolute atomic E-state index is 1.16. The zero-order chi connectivity index (χ0) is 13.0. The highest BCUT2D eigenvalue weighted by Gasteiger charge is 2.21. The van der Waals surface area contributed by atoms with Crippen LogP contribution in [0.4, 0.5) is 0 Å². The molecule has 0 fully saturated rings. The Morgan fingerprint density at radius 2 is 1.50 bits per heavy atom. The summed E-state index contributed by atoms with van der Waals surface area (Å²) in [5, 5.41) is 0. The normalized spacial score (nSPS) is 15.7. The summed E-state index contributed by atoms with van der Waals surface area (Å²) in [5.74, 6) is 0. The Labute approximate surface area is 111 Å². The monoisotopic (exact) mass is 240 g/mol. The molecule has 1 aliphatic carbocycles. The molecule has 0 radical (unpaired) electrons. The zero-order valence-corrected chi connectivity index (χ0v) is 11.9. The first-order valence-electron chi connectivity index (χ1n) is 7.24. The Kier molecular flexibility index (Phi) is 4.41. The van der Waals surface area contributed by atoms with E-state index in [1.165, 1.54) is 31.2 Å². The van der Waals surface area contributed by atoms with Crippen molar-refractivity contribution in [3.63, 3.8) is 0 Å². The molecule has 96 valence electrons. The van der Waals surface area contributed by atoms with Crippen molar-refractivity contribution < 1.29 is 0 Å². The first kappa shape index (κ1) is 13.1. The zero-order valence-electron chi connectivity index (χ0n) is 11.9. The Morgan fingerprint density at radius 1 is 0.889 bits per heavy atom. The van der Waals surface area contributed by atoms with Gasteiger partial charge in [0.25, 0.3) is 0 Å². The van der Waals surface area contributed by atoms with Gasteiger partial charge in [-0.05, 0) is 48.5 Å². The van der Waals surface area contributed by atoms with Gasteiger partial charge in [-0.2, -0.15) is 0 Å². The second kappa shape index (κ2) is 6.04. The molecule has 0 saturated heterocycles. The number of rotatable bonds is 5. The molecule has 0 bridgehead atoms. The van der Waals surface area contributed by atoms with Gasteiger partial charge in [-0.1, -0.05) is 62.6 Å². The van der Waals surface area contributed by atoms with Gasteiger partial charge in [0.1, 0.15) is 0 Å². The van der Waals surface area contributed by atoms with Crippen molar-refractivity contribution >= 4 is 5.57 Å². The van der Waals surface area contributed by atoms with Crippen LogP contribution in [0.25, 0.3) is 5.57 Å². The minimum atomic E-state index is 1.16. The maximum Gasteiger partial charge on any atom is -0.00552 e. The van der Waals surface area contributed by atoms with Gasteiger partial charge in [0.2, 0.25) is 0 Å². The largest absolute Gasteiger partial charge is 0.0654 e. The van der Waals surface area contributed by atoms with Gasteiger partial charge >= 0.3 is 0 Å². The summed E-state index contributed by atoms with van der Waals surface area (Å²) in [4.78, 5) is 0. The molecule has 0 nitrogen and oxygen atoms in total. The Morgan fingerprint density at radius 3 is 2.11 bits per heavy atom. The first-order valence-corrected chi connectivity index (χ1v) is 7.24. The summed E-state index contributed by atoms with van der Waals surface area (Å²) < 4.78 is 0. The van der Waals surface area contributed by atoms with E-state index in [2.05, 4.69) is 51.1 Å². The van der Waals surface area contributed by atoms with Crippen molar-refractivity contribution in [3.8, 4) is 0 Å². The van der Waals surface area contributed by atoms with Crippen molar-refractivity contribution in [3.05, 3.63) is 52.6 Å². The third-order valence-corrected chi connectivity index (χ3v) is 3.81. The van der Waals surface area contributed by atoms with E-state index in [0.717, 1.165) is 6.42 Å². The minimum Gasteiger partial charge on any atom is -0.0654 e. The summed E-state index contributed by atoms with van der Waals surface area (Å²) >= 11 is 0. The number of benzene rings is 1. The summed E-state index contributed by atoms with van der Waals surface area (Å²) in [6, 6.07) is 10.9. The van der Waals surface area contributed by atoms with E-state index in [0.29, 0.717) is 0 Å². The quantitative estimate of drug-likeness (QED) is 0.613. The van der Waals surface area contributed by atoms with Gasteiger partial charge in [0.15, 0.2) is 0 Å². The van der Waals surface area contributed by atoms with Crippen molar-refractivity contribution in [1.82, 2.24) is 0 Å². The molecule has 0 unspecified atom stereocenters. The molecule has 0 aromatic heterocycles. The molecule has 0 heterocycles. The highest BCUT2D eigenvalue weighted by Crippen LogP contribution is 2.41. The lowest BCUT2D eigenvalue weighted by Gasteiger charge is -2.11. The summed E-state index contributed by atoms with van der Waals surface area (Å²) in [6.45, 7) is 6.88. The molecule has 2 rings (SSSR count).